The van der Waals surface area contributed by atoms with Crippen LogP contribution in [0.2, 0.25) is 0 Å². The molecule has 12 nitrogen and oxygen atoms in total. The molecule has 0 amide bonds. The molecule has 1 radical (unpaired) electrons. The molecule has 0 saturated carbocycles. The SMILES string of the molecule is CCCCCCCCCCCCC(OCCC)(OCCC)C(OCC)(OCC)C(OCC)(OCC)C(OCC)(OCC)C(OCC)(OCC)[C](OCC)OCC. The lowest BCUT2D eigenvalue weighted by atomic mass is 9.80. The zero-order valence-electron chi connectivity index (χ0n) is 38.6. The van der Waals surface area contributed by atoms with E-state index in [-0.39, 0.29) is 72.4 Å². The van der Waals surface area contributed by atoms with E-state index in [1.54, 1.807) is 0 Å². The average Bonchev–Trinajstić information content (AvgIpc) is 3.18. The van der Waals surface area contributed by atoms with Gasteiger partial charge in [0.2, 0.25) is 5.79 Å². The number of unbranched alkanes of at least 4 members (excludes halogenated alkanes) is 9. The van der Waals surface area contributed by atoms with Gasteiger partial charge in [0.15, 0.2) is 0 Å². The van der Waals surface area contributed by atoms with Crippen molar-refractivity contribution in [3.63, 3.8) is 0 Å². The van der Waals surface area contributed by atoms with E-state index in [2.05, 4.69) is 20.8 Å². The summed E-state index contributed by atoms with van der Waals surface area (Å²) in [5.74, 6) is -10.1. The second-order valence-electron chi connectivity index (χ2n) is 13.5. The Bertz CT molecular complexity index is 852. The largest absolute Gasteiger partial charge is 0.345 e. The number of ether oxygens (including phenoxy) is 12. The third kappa shape index (κ3) is 14.0. The van der Waals surface area contributed by atoms with Gasteiger partial charge in [-0.15, -0.1) is 0 Å². The molecule has 0 N–H and O–H groups in total. The zero-order chi connectivity index (χ0) is 42.2. The first-order valence-corrected chi connectivity index (χ1v) is 22.7. The van der Waals surface area contributed by atoms with E-state index < -0.39 is 28.9 Å². The van der Waals surface area contributed by atoms with Gasteiger partial charge in [0.1, 0.15) is 0 Å². The lowest BCUT2D eigenvalue weighted by molar-refractivity contribution is -0.580. The fourth-order valence-corrected chi connectivity index (χ4v) is 7.50. The van der Waals surface area contributed by atoms with Gasteiger partial charge in [0, 0.05) is 85.7 Å². The van der Waals surface area contributed by atoms with Gasteiger partial charge >= 0.3 is 0 Å². The Morgan fingerprint density at radius 2 is 0.643 bits per heavy atom. The molecule has 0 aliphatic carbocycles. The Kier molecular flexibility index (Phi) is 32.0. The molecule has 0 aromatic heterocycles. The highest BCUT2D eigenvalue weighted by Gasteiger charge is 2.86. The summed E-state index contributed by atoms with van der Waals surface area (Å²) in [5.41, 5.74) is 0. The minimum atomic E-state index is -2.21. The van der Waals surface area contributed by atoms with Crippen molar-refractivity contribution in [1.82, 2.24) is 0 Å². The second-order valence-corrected chi connectivity index (χ2v) is 13.5. The molecule has 0 spiro atoms. The van der Waals surface area contributed by atoms with E-state index in [9.17, 15) is 0 Å². The van der Waals surface area contributed by atoms with E-state index >= 15 is 0 Å². The summed E-state index contributed by atoms with van der Waals surface area (Å²) in [6.45, 7) is 27.2. The van der Waals surface area contributed by atoms with Gasteiger partial charge in [-0.25, -0.2) is 0 Å². The maximum absolute atomic E-state index is 7.12. The molecule has 337 valence electrons. The van der Waals surface area contributed by atoms with Crippen molar-refractivity contribution in [2.75, 3.05) is 79.3 Å². The van der Waals surface area contributed by atoms with Crippen molar-refractivity contribution in [2.24, 2.45) is 0 Å². The Morgan fingerprint density at radius 1 is 0.304 bits per heavy atom. The topological polar surface area (TPSA) is 111 Å². The van der Waals surface area contributed by atoms with Crippen LogP contribution < -0.4 is 0 Å². The summed E-state index contributed by atoms with van der Waals surface area (Å²) in [6, 6.07) is 0. The van der Waals surface area contributed by atoms with E-state index in [1.165, 1.54) is 44.9 Å². The Labute approximate surface area is 344 Å². The summed E-state index contributed by atoms with van der Waals surface area (Å²) in [6.07, 6.45) is 13.4. The van der Waals surface area contributed by atoms with Gasteiger partial charge in [-0.3, -0.25) is 0 Å². The Balaban J connectivity index is 8.52. The molecular formula is C44H89O12. The normalized spacial score (nSPS) is 13.4. The van der Waals surface area contributed by atoms with Crippen molar-refractivity contribution in [1.29, 1.82) is 0 Å². The van der Waals surface area contributed by atoms with Crippen LogP contribution in [0.3, 0.4) is 0 Å². The van der Waals surface area contributed by atoms with Gasteiger partial charge in [-0.2, -0.15) is 0 Å². The van der Waals surface area contributed by atoms with E-state index in [1.807, 2.05) is 69.2 Å². The summed E-state index contributed by atoms with van der Waals surface area (Å²) >= 11 is 0. The number of rotatable bonds is 42. The van der Waals surface area contributed by atoms with Crippen molar-refractivity contribution in [3.05, 3.63) is 6.29 Å². The van der Waals surface area contributed by atoms with Crippen LogP contribution in [0.25, 0.3) is 0 Å². The predicted molar refractivity (Wildman–Crippen MR) is 222 cm³/mol. The van der Waals surface area contributed by atoms with Crippen LogP contribution in [0.4, 0.5) is 0 Å². The molecule has 0 bridgehead atoms. The Hall–Kier alpha value is -0.480. The minimum absolute atomic E-state index is 0.0111. The summed E-state index contributed by atoms with van der Waals surface area (Å²) in [4.78, 5) is 0. The molecule has 0 fully saturated rings. The quantitative estimate of drug-likeness (QED) is 0.0432. The molecule has 0 aliphatic heterocycles. The monoisotopic (exact) mass is 810 g/mol. The van der Waals surface area contributed by atoms with Crippen LogP contribution in [0, 0.1) is 6.29 Å². The van der Waals surface area contributed by atoms with Gasteiger partial charge in [0.25, 0.3) is 29.4 Å². The molecule has 12 heteroatoms. The maximum Gasteiger partial charge on any atom is 0.292 e. The van der Waals surface area contributed by atoms with Crippen molar-refractivity contribution in [3.8, 4) is 0 Å². The van der Waals surface area contributed by atoms with Crippen LogP contribution in [-0.4, -0.2) is 108 Å². The molecule has 0 unspecified atom stereocenters. The highest BCUT2D eigenvalue weighted by atomic mass is 16.9. The van der Waals surface area contributed by atoms with Crippen LogP contribution in [-0.2, 0) is 56.8 Å². The Morgan fingerprint density at radius 3 is 0.982 bits per heavy atom. The molecule has 56 heavy (non-hydrogen) atoms. The van der Waals surface area contributed by atoms with E-state index in [4.69, 9.17) is 56.8 Å². The van der Waals surface area contributed by atoms with E-state index in [0.29, 0.717) is 32.5 Å². The third-order valence-electron chi connectivity index (χ3n) is 9.34. The van der Waals surface area contributed by atoms with E-state index in [0.717, 1.165) is 19.3 Å². The smallest absolute Gasteiger partial charge is 0.292 e. The number of hydrogen-bond acceptors (Lipinski definition) is 12. The van der Waals surface area contributed by atoms with Crippen LogP contribution in [0.5, 0.6) is 0 Å². The van der Waals surface area contributed by atoms with Gasteiger partial charge < -0.3 is 56.8 Å². The lowest BCUT2D eigenvalue weighted by Crippen LogP contribution is -2.87. The molecule has 0 saturated heterocycles. The van der Waals surface area contributed by atoms with Crippen LogP contribution >= 0.6 is 0 Å². The highest BCUT2D eigenvalue weighted by Crippen LogP contribution is 2.59. The van der Waals surface area contributed by atoms with Gasteiger partial charge in [-0.1, -0.05) is 78.6 Å². The maximum atomic E-state index is 7.12. The van der Waals surface area contributed by atoms with Crippen molar-refractivity contribution in [2.45, 2.75) is 202 Å². The minimum Gasteiger partial charge on any atom is -0.345 e. The fraction of sp³-hybridized carbons (Fsp3) is 0.977. The van der Waals surface area contributed by atoms with Gasteiger partial charge in [0.05, 0.1) is 0 Å². The zero-order valence-corrected chi connectivity index (χ0v) is 38.6. The standard InChI is InChI=1S/C44H89O12/c1-14-27-28-29-30-31-32-33-34-35-36-40(55-37-15-2,56-38-16-3)42(49-21-8,50-22-9)44(53-25-12,54-26-13)43(51-23-10,52-24-11)41(47-19-6,48-20-7)39(45-17-4)46-18-5/h14-38H2,1-13H3. The molecular weight excluding hydrogens is 720 g/mol. The first kappa shape index (κ1) is 55.5. The molecule has 0 rings (SSSR count). The van der Waals surface area contributed by atoms with Crippen molar-refractivity contribution >= 4 is 0 Å². The molecule has 0 atom stereocenters. The van der Waals surface area contributed by atoms with Crippen LogP contribution in [0.1, 0.15) is 173 Å². The first-order chi connectivity index (χ1) is 27.2. The highest BCUT2D eigenvalue weighted by molar-refractivity contribution is 5.18. The van der Waals surface area contributed by atoms with Gasteiger partial charge in [-0.05, 0) is 88.5 Å². The number of hydrogen-bond donors (Lipinski definition) is 0. The summed E-state index contributed by atoms with van der Waals surface area (Å²) < 4.78 is 82.9. The second kappa shape index (κ2) is 32.3. The van der Waals surface area contributed by atoms with Crippen LogP contribution in [0.15, 0.2) is 0 Å². The summed E-state index contributed by atoms with van der Waals surface area (Å²) in [5, 5.41) is 0. The third-order valence-corrected chi connectivity index (χ3v) is 9.34. The lowest BCUT2D eigenvalue weighted by Gasteiger charge is -2.63. The van der Waals surface area contributed by atoms with Crippen molar-refractivity contribution < 1.29 is 56.8 Å². The first-order valence-electron chi connectivity index (χ1n) is 22.7. The molecule has 0 heterocycles. The molecule has 0 aromatic carbocycles. The fourth-order valence-electron chi connectivity index (χ4n) is 7.50. The average molecular weight is 810 g/mol. The molecule has 0 aromatic rings. The molecule has 0 aliphatic rings. The predicted octanol–water partition coefficient (Wildman–Crippen LogP) is 10.5. The summed E-state index contributed by atoms with van der Waals surface area (Å²) in [7, 11) is 0.